The predicted octanol–water partition coefficient (Wildman–Crippen LogP) is 3.16. The normalized spacial score (nSPS) is 11.7. The summed E-state index contributed by atoms with van der Waals surface area (Å²) in [6, 6.07) is 7.86. The highest BCUT2D eigenvalue weighted by molar-refractivity contribution is 5.69. The van der Waals surface area contributed by atoms with Crippen molar-refractivity contribution in [3.63, 3.8) is 0 Å². The lowest BCUT2D eigenvalue weighted by molar-refractivity contribution is -0.139. The summed E-state index contributed by atoms with van der Waals surface area (Å²) in [6.07, 6.45) is 0.984. The summed E-state index contributed by atoms with van der Waals surface area (Å²) >= 11 is 0. The third kappa shape index (κ3) is 5.61. The molecule has 0 heterocycles. The van der Waals surface area contributed by atoms with Gasteiger partial charge in [0.1, 0.15) is 5.75 Å². The van der Waals surface area contributed by atoms with E-state index in [0.29, 0.717) is 13.2 Å². The Hall–Kier alpha value is -1.55. The van der Waals surface area contributed by atoms with Crippen molar-refractivity contribution >= 4 is 5.97 Å². The molecule has 0 bridgehead atoms. The second-order valence-electron chi connectivity index (χ2n) is 5.91. The number of hydrogen-bond donors (Lipinski definition) is 1. The van der Waals surface area contributed by atoms with E-state index in [-0.39, 0.29) is 12.1 Å². The van der Waals surface area contributed by atoms with Gasteiger partial charge >= 0.3 is 5.97 Å². The Labute approximate surface area is 121 Å². The molecule has 0 spiro atoms. The maximum Gasteiger partial charge on any atom is 0.317 e. The summed E-state index contributed by atoms with van der Waals surface area (Å²) in [5.74, 6) is 0.0546. The number of carboxylic acid groups (broad SMARTS) is 1. The summed E-state index contributed by atoms with van der Waals surface area (Å²) in [5.41, 5.74) is 0.903. The zero-order chi connectivity index (χ0) is 15.2. The van der Waals surface area contributed by atoms with E-state index in [2.05, 4.69) is 6.92 Å². The van der Waals surface area contributed by atoms with Crippen LogP contribution in [0.1, 0.15) is 39.7 Å². The van der Waals surface area contributed by atoms with Crippen LogP contribution in [-0.4, -0.2) is 34.7 Å². The van der Waals surface area contributed by atoms with Crippen LogP contribution < -0.4 is 4.74 Å². The van der Waals surface area contributed by atoms with Gasteiger partial charge in [-0.15, -0.1) is 0 Å². The van der Waals surface area contributed by atoms with Crippen LogP contribution in [0.15, 0.2) is 24.3 Å². The van der Waals surface area contributed by atoms with Crippen LogP contribution in [0.25, 0.3) is 0 Å². The van der Waals surface area contributed by atoms with Crippen molar-refractivity contribution in [3.8, 4) is 5.75 Å². The molecule has 0 saturated heterocycles. The summed E-state index contributed by atoms with van der Waals surface area (Å²) in [6.45, 7) is 9.51. The zero-order valence-corrected chi connectivity index (χ0v) is 12.8. The number of nitrogens with zero attached hydrogens (tertiary/aromatic N) is 1. The van der Waals surface area contributed by atoms with Crippen LogP contribution in [-0.2, 0) is 11.3 Å². The fraction of sp³-hybridized carbons (Fsp3) is 0.562. The lowest BCUT2D eigenvalue weighted by Crippen LogP contribution is -2.43. The van der Waals surface area contributed by atoms with Gasteiger partial charge in [-0.25, -0.2) is 0 Å². The molecule has 0 aromatic heterocycles. The molecule has 0 aliphatic rings. The third-order valence-electron chi connectivity index (χ3n) is 3.04. The first-order valence-corrected chi connectivity index (χ1v) is 7.01. The van der Waals surface area contributed by atoms with Crippen molar-refractivity contribution in [1.29, 1.82) is 0 Å². The van der Waals surface area contributed by atoms with Crippen molar-refractivity contribution < 1.29 is 14.6 Å². The van der Waals surface area contributed by atoms with Crippen LogP contribution in [0, 0.1) is 0 Å². The van der Waals surface area contributed by atoms with E-state index < -0.39 is 5.97 Å². The second-order valence-corrected chi connectivity index (χ2v) is 5.91. The average molecular weight is 279 g/mol. The summed E-state index contributed by atoms with van der Waals surface area (Å²) in [7, 11) is 0. The Morgan fingerprint density at radius 1 is 1.25 bits per heavy atom. The summed E-state index contributed by atoms with van der Waals surface area (Å²) in [4.78, 5) is 12.9. The van der Waals surface area contributed by atoms with E-state index in [1.165, 1.54) is 0 Å². The monoisotopic (exact) mass is 279 g/mol. The molecular weight excluding hydrogens is 254 g/mol. The minimum atomic E-state index is -0.803. The number of ether oxygens (including phenoxy) is 1. The summed E-state index contributed by atoms with van der Waals surface area (Å²) in [5, 5.41) is 9.00. The molecule has 0 saturated carbocycles. The number of rotatable bonds is 7. The molecule has 20 heavy (non-hydrogen) atoms. The largest absolute Gasteiger partial charge is 0.494 e. The van der Waals surface area contributed by atoms with E-state index in [1.54, 1.807) is 0 Å². The second kappa shape index (κ2) is 7.29. The zero-order valence-electron chi connectivity index (χ0n) is 12.8. The van der Waals surface area contributed by atoms with Gasteiger partial charge in [-0.2, -0.15) is 0 Å². The van der Waals surface area contributed by atoms with Crippen molar-refractivity contribution in [2.45, 2.75) is 46.2 Å². The first kappa shape index (κ1) is 16.5. The fourth-order valence-electron chi connectivity index (χ4n) is 1.82. The number of aliphatic carboxylic acids is 1. The molecule has 0 radical (unpaired) electrons. The molecule has 0 unspecified atom stereocenters. The molecule has 0 atom stereocenters. The van der Waals surface area contributed by atoms with Gasteiger partial charge in [0.05, 0.1) is 13.2 Å². The molecule has 4 nitrogen and oxygen atoms in total. The van der Waals surface area contributed by atoms with Crippen LogP contribution in [0.4, 0.5) is 0 Å². The standard InChI is InChI=1S/C16H25NO3/c1-5-10-20-14-8-6-13(7-9-14)11-17(12-15(18)19)16(2,3)4/h6-9H,5,10-12H2,1-4H3,(H,18,19). The highest BCUT2D eigenvalue weighted by Gasteiger charge is 2.23. The van der Waals surface area contributed by atoms with Crippen molar-refractivity contribution in [3.05, 3.63) is 29.8 Å². The van der Waals surface area contributed by atoms with E-state index in [1.807, 2.05) is 49.9 Å². The molecule has 1 aromatic rings. The molecule has 1 N–H and O–H groups in total. The minimum Gasteiger partial charge on any atom is -0.494 e. The van der Waals surface area contributed by atoms with Gasteiger partial charge in [0.15, 0.2) is 0 Å². The maximum absolute atomic E-state index is 11.0. The van der Waals surface area contributed by atoms with Crippen molar-refractivity contribution in [2.24, 2.45) is 0 Å². The Balaban J connectivity index is 2.71. The number of carbonyl (C=O) groups is 1. The van der Waals surface area contributed by atoms with E-state index in [9.17, 15) is 4.79 Å². The topological polar surface area (TPSA) is 49.8 Å². The molecule has 112 valence electrons. The Morgan fingerprint density at radius 2 is 1.85 bits per heavy atom. The van der Waals surface area contributed by atoms with Crippen LogP contribution in [0.5, 0.6) is 5.75 Å². The highest BCUT2D eigenvalue weighted by Crippen LogP contribution is 2.19. The van der Waals surface area contributed by atoms with E-state index >= 15 is 0 Å². The Bertz CT molecular complexity index is 420. The lowest BCUT2D eigenvalue weighted by atomic mass is 10.0. The van der Waals surface area contributed by atoms with Gasteiger partial charge in [-0.1, -0.05) is 19.1 Å². The molecule has 1 aromatic carbocycles. The first-order valence-electron chi connectivity index (χ1n) is 7.01. The molecule has 0 aliphatic heterocycles. The molecule has 0 fully saturated rings. The fourth-order valence-corrected chi connectivity index (χ4v) is 1.82. The first-order chi connectivity index (χ1) is 9.32. The number of carboxylic acids is 1. The van der Waals surface area contributed by atoms with Gasteiger partial charge < -0.3 is 9.84 Å². The van der Waals surface area contributed by atoms with Gasteiger partial charge in [-0.05, 0) is 44.9 Å². The van der Waals surface area contributed by atoms with Gasteiger partial charge in [0.25, 0.3) is 0 Å². The lowest BCUT2D eigenvalue weighted by Gasteiger charge is -2.34. The highest BCUT2D eigenvalue weighted by atomic mass is 16.5. The van der Waals surface area contributed by atoms with Gasteiger partial charge in [-0.3, -0.25) is 9.69 Å². The van der Waals surface area contributed by atoms with Crippen LogP contribution >= 0.6 is 0 Å². The van der Waals surface area contributed by atoms with E-state index in [0.717, 1.165) is 17.7 Å². The van der Waals surface area contributed by atoms with Gasteiger partial charge in [0, 0.05) is 12.1 Å². The minimum absolute atomic E-state index is 0.0393. The number of benzene rings is 1. The third-order valence-corrected chi connectivity index (χ3v) is 3.04. The smallest absolute Gasteiger partial charge is 0.317 e. The molecule has 0 aliphatic carbocycles. The SMILES string of the molecule is CCCOc1ccc(CN(CC(=O)O)C(C)(C)C)cc1. The predicted molar refractivity (Wildman–Crippen MR) is 80.0 cm³/mol. The molecule has 1 rings (SSSR count). The van der Waals surface area contributed by atoms with E-state index in [4.69, 9.17) is 9.84 Å². The van der Waals surface area contributed by atoms with Crippen molar-refractivity contribution in [2.75, 3.05) is 13.2 Å². The van der Waals surface area contributed by atoms with Crippen LogP contribution in [0.3, 0.4) is 0 Å². The van der Waals surface area contributed by atoms with Gasteiger partial charge in [0.2, 0.25) is 0 Å². The van der Waals surface area contributed by atoms with Crippen LogP contribution in [0.2, 0.25) is 0 Å². The molecular formula is C16H25NO3. The summed E-state index contributed by atoms with van der Waals surface area (Å²) < 4.78 is 5.54. The Morgan fingerprint density at radius 3 is 2.30 bits per heavy atom. The molecule has 0 amide bonds. The Kier molecular flexibility index (Phi) is 6.02. The molecule has 4 heteroatoms. The quantitative estimate of drug-likeness (QED) is 0.833. The maximum atomic E-state index is 11.0. The van der Waals surface area contributed by atoms with Crippen molar-refractivity contribution in [1.82, 2.24) is 4.90 Å². The average Bonchev–Trinajstić information content (AvgIpc) is 2.35. The number of hydrogen-bond acceptors (Lipinski definition) is 3.